The number of para-hydroxylation sites is 1. The second kappa shape index (κ2) is 6.72. The molecule has 0 aliphatic carbocycles. The maximum atomic E-state index is 13.8. The molecule has 0 radical (unpaired) electrons. The Bertz CT molecular complexity index is 637. The number of hydrogen-bond donors (Lipinski definition) is 1. The van der Waals surface area contributed by atoms with E-state index >= 15 is 0 Å². The number of rotatable bonds is 4. The van der Waals surface area contributed by atoms with Crippen LogP contribution in [0.4, 0.5) is 10.1 Å². The molecule has 2 aromatic carbocycles. The number of anilines is 1. The van der Waals surface area contributed by atoms with E-state index in [1.165, 1.54) is 18.2 Å². The molecular weight excluding hydrogens is 289 g/mol. The lowest BCUT2D eigenvalue weighted by Gasteiger charge is -2.16. The molecule has 0 unspecified atom stereocenters. The van der Waals surface area contributed by atoms with Crippen molar-refractivity contribution in [3.8, 4) is 0 Å². The van der Waals surface area contributed by atoms with Gasteiger partial charge in [0.1, 0.15) is 5.82 Å². The topological polar surface area (TPSA) is 29.1 Å². The predicted octanol–water partition coefficient (Wildman–Crippen LogP) is 5.24. The first-order valence-electron chi connectivity index (χ1n) is 6.88. The predicted molar refractivity (Wildman–Crippen MR) is 84.5 cm³/mol. The quantitative estimate of drug-likeness (QED) is 0.821. The highest BCUT2D eigenvalue weighted by molar-refractivity contribution is 6.34. The Labute approximate surface area is 128 Å². The van der Waals surface area contributed by atoms with E-state index < -0.39 is 11.7 Å². The van der Waals surface area contributed by atoms with Crippen molar-refractivity contribution in [3.05, 3.63) is 64.4 Å². The van der Waals surface area contributed by atoms with E-state index in [1.54, 1.807) is 0 Å². The molecule has 110 valence electrons. The van der Waals surface area contributed by atoms with Gasteiger partial charge in [0.15, 0.2) is 0 Å². The van der Waals surface area contributed by atoms with Gasteiger partial charge in [-0.2, -0.15) is 0 Å². The summed E-state index contributed by atoms with van der Waals surface area (Å²) in [6.07, 6.45) is 0.952. The van der Waals surface area contributed by atoms with Crippen LogP contribution in [0, 0.1) is 5.82 Å². The molecule has 1 amide bonds. The molecule has 21 heavy (non-hydrogen) atoms. The molecule has 0 aromatic heterocycles. The largest absolute Gasteiger partial charge is 0.322 e. The fraction of sp³-hybridized carbons (Fsp3) is 0.235. The van der Waals surface area contributed by atoms with Crippen LogP contribution in [-0.2, 0) is 0 Å². The average molecular weight is 306 g/mol. The molecule has 0 aliphatic rings. The van der Waals surface area contributed by atoms with Gasteiger partial charge in [0.05, 0.1) is 10.6 Å². The Morgan fingerprint density at radius 3 is 2.62 bits per heavy atom. The van der Waals surface area contributed by atoms with Gasteiger partial charge >= 0.3 is 0 Å². The SMILES string of the molecule is CC[C@@H](C)c1ccccc1NC(=O)c1c(F)cccc1Cl. The first-order valence-corrected chi connectivity index (χ1v) is 7.26. The van der Waals surface area contributed by atoms with Gasteiger partial charge in [0, 0.05) is 5.69 Å². The van der Waals surface area contributed by atoms with E-state index in [-0.39, 0.29) is 10.6 Å². The minimum absolute atomic E-state index is 0.105. The van der Waals surface area contributed by atoms with E-state index in [0.29, 0.717) is 11.6 Å². The van der Waals surface area contributed by atoms with Gasteiger partial charge < -0.3 is 5.32 Å². The third-order valence-electron chi connectivity index (χ3n) is 3.54. The van der Waals surface area contributed by atoms with Gasteiger partial charge in [-0.3, -0.25) is 4.79 Å². The minimum atomic E-state index is -0.624. The maximum Gasteiger partial charge on any atom is 0.260 e. The van der Waals surface area contributed by atoms with Crippen LogP contribution >= 0.6 is 11.6 Å². The Morgan fingerprint density at radius 2 is 1.95 bits per heavy atom. The molecule has 0 bridgehead atoms. The van der Waals surface area contributed by atoms with Crippen LogP contribution in [0.25, 0.3) is 0 Å². The molecule has 0 heterocycles. The third kappa shape index (κ3) is 3.42. The number of carbonyl (C=O) groups excluding carboxylic acids is 1. The molecule has 1 atom stereocenters. The molecule has 0 aliphatic heterocycles. The normalized spacial score (nSPS) is 12.0. The van der Waals surface area contributed by atoms with Gasteiger partial charge in [-0.1, -0.05) is 49.7 Å². The molecular formula is C17H17ClFNO. The third-order valence-corrected chi connectivity index (χ3v) is 3.86. The summed E-state index contributed by atoms with van der Waals surface area (Å²) in [5.74, 6) is -0.854. The van der Waals surface area contributed by atoms with Crippen LogP contribution in [0.5, 0.6) is 0 Å². The van der Waals surface area contributed by atoms with E-state index in [4.69, 9.17) is 11.6 Å². The van der Waals surface area contributed by atoms with Crippen LogP contribution in [-0.4, -0.2) is 5.91 Å². The molecule has 1 N–H and O–H groups in total. The fourth-order valence-corrected chi connectivity index (χ4v) is 2.41. The van der Waals surface area contributed by atoms with Crippen molar-refractivity contribution >= 4 is 23.2 Å². The summed E-state index contributed by atoms with van der Waals surface area (Å²) in [4.78, 5) is 12.3. The lowest BCUT2D eigenvalue weighted by atomic mass is 9.97. The van der Waals surface area contributed by atoms with E-state index in [9.17, 15) is 9.18 Å². The second-order valence-electron chi connectivity index (χ2n) is 4.95. The molecule has 0 spiro atoms. The van der Waals surface area contributed by atoms with Gasteiger partial charge in [0.2, 0.25) is 0 Å². The lowest BCUT2D eigenvalue weighted by Crippen LogP contribution is -2.16. The average Bonchev–Trinajstić information content (AvgIpc) is 2.47. The highest BCUT2D eigenvalue weighted by Crippen LogP contribution is 2.28. The fourth-order valence-electron chi connectivity index (χ4n) is 2.16. The first-order chi connectivity index (χ1) is 10.0. The summed E-state index contributed by atoms with van der Waals surface area (Å²) in [7, 11) is 0. The van der Waals surface area contributed by atoms with Crippen molar-refractivity contribution in [1.29, 1.82) is 0 Å². The second-order valence-corrected chi connectivity index (χ2v) is 5.35. The molecule has 2 nitrogen and oxygen atoms in total. The van der Waals surface area contributed by atoms with Crippen molar-refractivity contribution in [3.63, 3.8) is 0 Å². The van der Waals surface area contributed by atoms with Crippen LogP contribution in [0.3, 0.4) is 0 Å². The van der Waals surface area contributed by atoms with Gasteiger partial charge in [-0.25, -0.2) is 4.39 Å². The van der Waals surface area contributed by atoms with Crippen LogP contribution in [0.15, 0.2) is 42.5 Å². The standard InChI is InChI=1S/C17H17ClFNO/c1-3-11(2)12-7-4-5-10-15(12)20-17(21)16-13(18)8-6-9-14(16)19/h4-11H,3H2,1-2H3,(H,20,21)/t11-/m1/s1. The number of carbonyl (C=O) groups is 1. The van der Waals surface area contributed by atoms with Crippen molar-refractivity contribution in [2.75, 3.05) is 5.32 Å². The summed E-state index contributed by atoms with van der Waals surface area (Å²) in [6, 6.07) is 11.7. The molecule has 2 rings (SSSR count). The molecule has 0 saturated heterocycles. The van der Waals surface area contributed by atoms with Crippen molar-refractivity contribution < 1.29 is 9.18 Å². The lowest BCUT2D eigenvalue weighted by molar-refractivity contribution is 0.102. The molecule has 4 heteroatoms. The molecule has 2 aromatic rings. The highest BCUT2D eigenvalue weighted by atomic mass is 35.5. The van der Waals surface area contributed by atoms with Crippen molar-refractivity contribution in [2.24, 2.45) is 0 Å². The molecule has 0 saturated carbocycles. The van der Waals surface area contributed by atoms with Gasteiger partial charge in [-0.15, -0.1) is 0 Å². The van der Waals surface area contributed by atoms with E-state index in [0.717, 1.165) is 12.0 Å². The minimum Gasteiger partial charge on any atom is -0.322 e. The summed E-state index contributed by atoms with van der Waals surface area (Å²) < 4.78 is 13.8. The van der Waals surface area contributed by atoms with Gasteiger partial charge in [-0.05, 0) is 36.1 Å². The Morgan fingerprint density at radius 1 is 1.24 bits per heavy atom. The smallest absolute Gasteiger partial charge is 0.260 e. The zero-order chi connectivity index (χ0) is 15.4. The summed E-state index contributed by atoms with van der Waals surface area (Å²) in [6.45, 7) is 4.16. The zero-order valence-electron chi connectivity index (χ0n) is 12.0. The van der Waals surface area contributed by atoms with Crippen LogP contribution < -0.4 is 5.32 Å². The van der Waals surface area contributed by atoms with E-state index in [1.807, 2.05) is 24.3 Å². The maximum absolute atomic E-state index is 13.8. The number of benzene rings is 2. The highest BCUT2D eigenvalue weighted by Gasteiger charge is 2.17. The van der Waals surface area contributed by atoms with Crippen molar-refractivity contribution in [1.82, 2.24) is 0 Å². The van der Waals surface area contributed by atoms with Crippen LogP contribution in [0.1, 0.15) is 42.1 Å². The first kappa shape index (κ1) is 15.5. The zero-order valence-corrected chi connectivity index (χ0v) is 12.7. The number of hydrogen-bond acceptors (Lipinski definition) is 1. The summed E-state index contributed by atoms with van der Waals surface area (Å²) in [5.41, 5.74) is 1.59. The Balaban J connectivity index is 2.33. The summed E-state index contributed by atoms with van der Waals surface area (Å²) >= 11 is 5.92. The number of halogens is 2. The number of amides is 1. The Hall–Kier alpha value is -1.87. The number of nitrogens with one attached hydrogen (secondary N) is 1. The van der Waals surface area contributed by atoms with E-state index in [2.05, 4.69) is 19.2 Å². The van der Waals surface area contributed by atoms with Crippen LogP contribution in [0.2, 0.25) is 5.02 Å². The van der Waals surface area contributed by atoms with Crippen molar-refractivity contribution in [2.45, 2.75) is 26.2 Å². The monoisotopic (exact) mass is 305 g/mol. The van der Waals surface area contributed by atoms with Gasteiger partial charge in [0.25, 0.3) is 5.91 Å². The summed E-state index contributed by atoms with van der Waals surface area (Å²) in [5, 5.41) is 2.87. The molecule has 0 fully saturated rings. The Kier molecular flexibility index (Phi) is 4.97.